The van der Waals surface area contributed by atoms with Crippen molar-refractivity contribution in [1.82, 2.24) is 10.2 Å². The average molecular weight is 247 g/mol. The van der Waals surface area contributed by atoms with Crippen molar-refractivity contribution in [3.63, 3.8) is 0 Å². The van der Waals surface area contributed by atoms with Crippen LogP contribution in [0.25, 0.3) is 0 Å². The molecule has 2 rings (SSSR count). The van der Waals surface area contributed by atoms with E-state index in [1.54, 1.807) is 0 Å². The molecule has 1 N–H and O–H groups in total. The van der Waals surface area contributed by atoms with Gasteiger partial charge in [-0.3, -0.25) is 0 Å². The van der Waals surface area contributed by atoms with Gasteiger partial charge in [0.1, 0.15) is 0 Å². The minimum absolute atomic E-state index is 0. The number of hydrogen-bond acceptors (Lipinski definition) is 2. The molecule has 1 aliphatic carbocycles. The van der Waals surface area contributed by atoms with E-state index in [-0.39, 0.29) is 12.4 Å². The second kappa shape index (κ2) is 6.83. The largest absolute Gasteiger partial charge is 0.312 e. The van der Waals surface area contributed by atoms with Crippen LogP contribution in [-0.2, 0) is 0 Å². The molecule has 1 saturated carbocycles. The highest BCUT2D eigenvalue weighted by atomic mass is 35.5. The topological polar surface area (TPSA) is 15.3 Å². The van der Waals surface area contributed by atoms with E-state index in [9.17, 15) is 0 Å². The van der Waals surface area contributed by atoms with Gasteiger partial charge in [0.15, 0.2) is 0 Å². The van der Waals surface area contributed by atoms with E-state index >= 15 is 0 Å². The summed E-state index contributed by atoms with van der Waals surface area (Å²) in [5.74, 6) is 1.96. The van der Waals surface area contributed by atoms with Crippen LogP contribution in [0.5, 0.6) is 0 Å². The standard InChI is InChI=1S/C13H26N2.ClH/c1-11-4-3-5-13(8-11)10-15-7-6-14-12(2)9-15;/h11-14H,3-10H2,1-2H3;1H. The maximum atomic E-state index is 3.52. The summed E-state index contributed by atoms with van der Waals surface area (Å²) in [6, 6.07) is 0.694. The zero-order chi connectivity index (χ0) is 10.7. The first-order valence-corrected chi connectivity index (χ1v) is 6.70. The Balaban J connectivity index is 0.00000128. The molecule has 16 heavy (non-hydrogen) atoms. The summed E-state index contributed by atoms with van der Waals surface area (Å²) in [4.78, 5) is 2.67. The number of halogens is 1. The molecule has 1 saturated heterocycles. The zero-order valence-electron chi connectivity index (χ0n) is 10.7. The van der Waals surface area contributed by atoms with Gasteiger partial charge >= 0.3 is 0 Å². The molecule has 0 aromatic rings. The third-order valence-corrected chi connectivity index (χ3v) is 4.01. The summed E-state index contributed by atoms with van der Waals surface area (Å²) in [7, 11) is 0. The lowest BCUT2D eigenvalue weighted by molar-refractivity contribution is 0.148. The van der Waals surface area contributed by atoms with Crippen molar-refractivity contribution in [2.24, 2.45) is 11.8 Å². The summed E-state index contributed by atoms with van der Waals surface area (Å²) in [5, 5.41) is 3.52. The minimum Gasteiger partial charge on any atom is -0.312 e. The normalized spacial score (nSPS) is 36.8. The van der Waals surface area contributed by atoms with Crippen molar-refractivity contribution < 1.29 is 0 Å². The Morgan fingerprint density at radius 2 is 2.06 bits per heavy atom. The van der Waals surface area contributed by atoms with Crippen molar-refractivity contribution in [1.29, 1.82) is 0 Å². The van der Waals surface area contributed by atoms with Crippen LogP contribution in [0.15, 0.2) is 0 Å². The van der Waals surface area contributed by atoms with Crippen molar-refractivity contribution in [3.8, 4) is 0 Å². The Morgan fingerprint density at radius 3 is 2.75 bits per heavy atom. The summed E-state index contributed by atoms with van der Waals surface area (Å²) < 4.78 is 0. The molecule has 0 amide bonds. The predicted octanol–water partition coefficient (Wildman–Crippen LogP) is 2.53. The first kappa shape index (κ1) is 14.3. The van der Waals surface area contributed by atoms with E-state index in [2.05, 4.69) is 24.1 Å². The number of nitrogens with zero attached hydrogens (tertiary/aromatic N) is 1. The van der Waals surface area contributed by atoms with Crippen molar-refractivity contribution in [2.75, 3.05) is 26.2 Å². The zero-order valence-corrected chi connectivity index (χ0v) is 11.6. The smallest absolute Gasteiger partial charge is 0.0167 e. The molecule has 2 nitrogen and oxygen atoms in total. The first-order chi connectivity index (χ1) is 7.24. The molecule has 2 aliphatic rings. The Labute approximate surface area is 107 Å². The van der Waals surface area contributed by atoms with Crippen LogP contribution in [0.1, 0.15) is 39.5 Å². The quantitative estimate of drug-likeness (QED) is 0.806. The maximum Gasteiger partial charge on any atom is 0.0167 e. The van der Waals surface area contributed by atoms with Crippen LogP contribution < -0.4 is 5.32 Å². The summed E-state index contributed by atoms with van der Waals surface area (Å²) in [6.07, 6.45) is 5.88. The number of piperazine rings is 1. The number of rotatable bonds is 2. The number of hydrogen-bond donors (Lipinski definition) is 1. The Hall–Kier alpha value is 0.210. The van der Waals surface area contributed by atoms with E-state index < -0.39 is 0 Å². The fourth-order valence-electron chi connectivity index (χ4n) is 3.27. The molecule has 2 fully saturated rings. The van der Waals surface area contributed by atoms with Crippen LogP contribution in [0, 0.1) is 11.8 Å². The van der Waals surface area contributed by atoms with E-state index in [1.807, 2.05) is 0 Å². The monoisotopic (exact) mass is 246 g/mol. The van der Waals surface area contributed by atoms with E-state index in [0.717, 1.165) is 11.8 Å². The molecule has 3 atom stereocenters. The molecule has 3 heteroatoms. The van der Waals surface area contributed by atoms with E-state index in [4.69, 9.17) is 0 Å². The summed E-state index contributed by atoms with van der Waals surface area (Å²) in [5.41, 5.74) is 0. The van der Waals surface area contributed by atoms with Crippen LogP contribution in [0.2, 0.25) is 0 Å². The number of nitrogens with one attached hydrogen (secondary N) is 1. The summed E-state index contributed by atoms with van der Waals surface area (Å²) >= 11 is 0. The van der Waals surface area contributed by atoms with Gasteiger partial charge in [0, 0.05) is 32.2 Å². The van der Waals surface area contributed by atoms with Crippen LogP contribution >= 0.6 is 12.4 Å². The van der Waals surface area contributed by atoms with Crippen LogP contribution in [-0.4, -0.2) is 37.1 Å². The van der Waals surface area contributed by atoms with Gasteiger partial charge in [0.05, 0.1) is 0 Å². The lowest BCUT2D eigenvalue weighted by Gasteiger charge is -2.36. The molecular formula is C13H27ClN2. The average Bonchev–Trinajstić information content (AvgIpc) is 2.17. The van der Waals surface area contributed by atoms with E-state index in [1.165, 1.54) is 51.9 Å². The molecule has 3 unspecified atom stereocenters. The molecule has 1 heterocycles. The third-order valence-electron chi connectivity index (χ3n) is 4.01. The van der Waals surface area contributed by atoms with Crippen molar-refractivity contribution >= 4 is 12.4 Å². The molecule has 0 aromatic carbocycles. The van der Waals surface area contributed by atoms with Crippen LogP contribution in [0.3, 0.4) is 0 Å². The highest BCUT2D eigenvalue weighted by molar-refractivity contribution is 5.85. The van der Waals surface area contributed by atoms with Gasteiger partial charge in [-0.05, 0) is 31.6 Å². The van der Waals surface area contributed by atoms with Crippen molar-refractivity contribution in [2.45, 2.75) is 45.6 Å². The molecule has 1 aliphatic heterocycles. The fraction of sp³-hybridized carbons (Fsp3) is 1.00. The molecule has 0 bridgehead atoms. The Kier molecular flexibility index (Phi) is 6.09. The van der Waals surface area contributed by atoms with Gasteiger partial charge < -0.3 is 10.2 Å². The molecule has 96 valence electrons. The van der Waals surface area contributed by atoms with Crippen LogP contribution in [0.4, 0.5) is 0 Å². The van der Waals surface area contributed by atoms with Gasteiger partial charge in [-0.2, -0.15) is 0 Å². The highest BCUT2D eigenvalue weighted by Gasteiger charge is 2.23. The second-order valence-electron chi connectivity index (χ2n) is 5.75. The molecular weight excluding hydrogens is 220 g/mol. The molecule has 0 radical (unpaired) electrons. The SMILES string of the molecule is CC1CCCC(CN2CCNC(C)C2)C1.Cl. The van der Waals surface area contributed by atoms with Gasteiger partial charge in [-0.1, -0.05) is 19.8 Å². The Morgan fingerprint density at radius 1 is 1.25 bits per heavy atom. The van der Waals surface area contributed by atoms with Gasteiger partial charge in [0.2, 0.25) is 0 Å². The summed E-state index contributed by atoms with van der Waals surface area (Å²) in [6.45, 7) is 9.78. The first-order valence-electron chi connectivity index (χ1n) is 6.70. The third kappa shape index (κ3) is 4.23. The highest BCUT2D eigenvalue weighted by Crippen LogP contribution is 2.29. The lowest BCUT2D eigenvalue weighted by Crippen LogP contribution is -2.50. The maximum absolute atomic E-state index is 3.52. The molecule has 0 spiro atoms. The lowest BCUT2D eigenvalue weighted by atomic mass is 9.82. The van der Waals surface area contributed by atoms with Gasteiger partial charge in [-0.25, -0.2) is 0 Å². The van der Waals surface area contributed by atoms with Gasteiger partial charge in [0.25, 0.3) is 0 Å². The second-order valence-corrected chi connectivity index (χ2v) is 5.75. The fourth-order valence-corrected chi connectivity index (χ4v) is 3.27. The Bertz CT molecular complexity index is 178. The van der Waals surface area contributed by atoms with Crippen molar-refractivity contribution in [3.05, 3.63) is 0 Å². The van der Waals surface area contributed by atoms with E-state index in [0.29, 0.717) is 6.04 Å². The minimum atomic E-state index is 0. The molecule has 0 aromatic heterocycles. The predicted molar refractivity (Wildman–Crippen MR) is 72.3 cm³/mol. The van der Waals surface area contributed by atoms with Gasteiger partial charge in [-0.15, -0.1) is 12.4 Å².